The molecule has 2 aromatic heterocycles. The Bertz CT molecular complexity index is 615. The standard InChI is InChI=1S/C15H14N4/c1-8-18-19(11-1)15-4-2-14(3-5-15)17-12-13-6-9-16-10-7-13/h1-11,17H,12H2. The van der Waals surface area contributed by atoms with Gasteiger partial charge in [-0.2, -0.15) is 5.10 Å². The second-order valence-electron chi connectivity index (χ2n) is 4.21. The van der Waals surface area contributed by atoms with Gasteiger partial charge in [-0.3, -0.25) is 4.98 Å². The Labute approximate surface area is 111 Å². The molecule has 0 spiro atoms. The van der Waals surface area contributed by atoms with Crippen LogP contribution in [0.2, 0.25) is 0 Å². The molecule has 0 saturated carbocycles. The summed E-state index contributed by atoms with van der Waals surface area (Å²) in [5, 5.41) is 7.58. The largest absolute Gasteiger partial charge is 0.381 e. The summed E-state index contributed by atoms with van der Waals surface area (Å²) in [6.07, 6.45) is 7.31. The van der Waals surface area contributed by atoms with Crippen LogP contribution >= 0.6 is 0 Å². The maximum Gasteiger partial charge on any atom is 0.0647 e. The van der Waals surface area contributed by atoms with E-state index in [1.54, 1.807) is 18.6 Å². The van der Waals surface area contributed by atoms with Crippen LogP contribution in [0.1, 0.15) is 5.56 Å². The van der Waals surface area contributed by atoms with E-state index in [1.807, 2.05) is 41.2 Å². The van der Waals surface area contributed by atoms with Gasteiger partial charge in [-0.15, -0.1) is 0 Å². The van der Waals surface area contributed by atoms with Crippen LogP contribution in [-0.4, -0.2) is 14.8 Å². The highest BCUT2D eigenvalue weighted by molar-refractivity contribution is 5.48. The zero-order valence-corrected chi connectivity index (χ0v) is 10.4. The maximum absolute atomic E-state index is 4.20. The average molecular weight is 250 g/mol. The van der Waals surface area contributed by atoms with E-state index in [1.165, 1.54) is 5.56 Å². The van der Waals surface area contributed by atoms with Gasteiger partial charge in [0, 0.05) is 37.0 Å². The van der Waals surface area contributed by atoms with Gasteiger partial charge in [-0.1, -0.05) is 0 Å². The van der Waals surface area contributed by atoms with Crippen molar-refractivity contribution in [1.82, 2.24) is 14.8 Å². The van der Waals surface area contributed by atoms with E-state index in [4.69, 9.17) is 0 Å². The van der Waals surface area contributed by atoms with Crippen molar-refractivity contribution >= 4 is 5.69 Å². The van der Waals surface area contributed by atoms with Crippen molar-refractivity contribution in [3.8, 4) is 5.69 Å². The van der Waals surface area contributed by atoms with E-state index < -0.39 is 0 Å². The third-order valence-corrected chi connectivity index (χ3v) is 2.88. The first-order valence-electron chi connectivity index (χ1n) is 6.15. The number of aromatic nitrogens is 3. The van der Waals surface area contributed by atoms with Gasteiger partial charge >= 0.3 is 0 Å². The summed E-state index contributed by atoms with van der Waals surface area (Å²) in [5.41, 5.74) is 3.36. The molecule has 1 aromatic carbocycles. The van der Waals surface area contributed by atoms with E-state index in [-0.39, 0.29) is 0 Å². The number of pyridine rings is 1. The Balaban J connectivity index is 1.67. The Morgan fingerprint density at radius 3 is 2.42 bits per heavy atom. The summed E-state index contributed by atoms with van der Waals surface area (Å²) in [6, 6.07) is 14.1. The lowest BCUT2D eigenvalue weighted by Crippen LogP contribution is -2.00. The van der Waals surface area contributed by atoms with Crippen molar-refractivity contribution in [1.29, 1.82) is 0 Å². The summed E-state index contributed by atoms with van der Waals surface area (Å²) in [4.78, 5) is 4.00. The van der Waals surface area contributed by atoms with Gasteiger partial charge in [0.25, 0.3) is 0 Å². The van der Waals surface area contributed by atoms with Crippen LogP contribution in [0.5, 0.6) is 0 Å². The van der Waals surface area contributed by atoms with Crippen molar-refractivity contribution in [2.75, 3.05) is 5.32 Å². The minimum Gasteiger partial charge on any atom is -0.381 e. The van der Waals surface area contributed by atoms with Gasteiger partial charge < -0.3 is 5.32 Å². The first kappa shape index (κ1) is 11.5. The molecule has 1 N–H and O–H groups in total. The molecule has 0 aliphatic rings. The topological polar surface area (TPSA) is 42.7 Å². The number of hydrogen-bond acceptors (Lipinski definition) is 3. The molecular weight excluding hydrogens is 236 g/mol. The normalized spacial score (nSPS) is 10.3. The lowest BCUT2D eigenvalue weighted by Gasteiger charge is -2.07. The molecule has 0 amide bonds. The molecule has 4 heteroatoms. The minimum atomic E-state index is 0.795. The number of hydrogen-bond donors (Lipinski definition) is 1. The molecule has 0 atom stereocenters. The van der Waals surface area contributed by atoms with Crippen LogP contribution in [-0.2, 0) is 6.54 Å². The van der Waals surface area contributed by atoms with E-state index in [0.717, 1.165) is 17.9 Å². The first-order valence-corrected chi connectivity index (χ1v) is 6.15. The third kappa shape index (κ3) is 2.80. The van der Waals surface area contributed by atoms with Crippen molar-refractivity contribution in [3.63, 3.8) is 0 Å². The van der Waals surface area contributed by atoms with E-state index in [9.17, 15) is 0 Å². The summed E-state index contributed by atoms with van der Waals surface area (Å²) in [6.45, 7) is 0.795. The van der Waals surface area contributed by atoms with Crippen molar-refractivity contribution in [3.05, 3.63) is 72.8 Å². The molecule has 94 valence electrons. The Morgan fingerprint density at radius 1 is 0.947 bits per heavy atom. The van der Waals surface area contributed by atoms with Gasteiger partial charge in [0.2, 0.25) is 0 Å². The smallest absolute Gasteiger partial charge is 0.0647 e. The molecule has 0 aliphatic heterocycles. The number of benzene rings is 1. The molecule has 3 rings (SSSR count). The van der Waals surface area contributed by atoms with Crippen molar-refractivity contribution in [2.45, 2.75) is 6.54 Å². The molecule has 19 heavy (non-hydrogen) atoms. The van der Waals surface area contributed by atoms with Crippen LogP contribution in [0.3, 0.4) is 0 Å². The Morgan fingerprint density at radius 2 is 1.74 bits per heavy atom. The molecule has 0 aliphatic carbocycles. The fourth-order valence-corrected chi connectivity index (χ4v) is 1.86. The molecule has 0 fully saturated rings. The fraction of sp³-hybridized carbons (Fsp3) is 0.0667. The van der Waals surface area contributed by atoms with Gasteiger partial charge in [0.15, 0.2) is 0 Å². The molecular formula is C15H14N4. The summed E-state index contributed by atoms with van der Waals surface area (Å²) < 4.78 is 1.84. The van der Waals surface area contributed by atoms with Crippen molar-refractivity contribution in [2.24, 2.45) is 0 Å². The number of rotatable bonds is 4. The van der Waals surface area contributed by atoms with Crippen LogP contribution in [0, 0.1) is 0 Å². The van der Waals surface area contributed by atoms with Crippen LogP contribution in [0.15, 0.2) is 67.3 Å². The van der Waals surface area contributed by atoms with Crippen LogP contribution < -0.4 is 5.32 Å². The van der Waals surface area contributed by atoms with E-state index >= 15 is 0 Å². The Hall–Kier alpha value is -2.62. The van der Waals surface area contributed by atoms with Gasteiger partial charge in [-0.25, -0.2) is 4.68 Å². The molecule has 0 saturated heterocycles. The van der Waals surface area contributed by atoms with Gasteiger partial charge in [-0.05, 0) is 48.0 Å². The average Bonchev–Trinajstić information content (AvgIpc) is 3.01. The zero-order valence-electron chi connectivity index (χ0n) is 10.4. The highest BCUT2D eigenvalue weighted by Gasteiger charge is 1.97. The monoisotopic (exact) mass is 250 g/mol. The molecule has 3 aromatic rings. The molecule has 2 heterocycles. The zero-order chi connectivity index (χ0) is 12.9. The second-order valence-corrected chi connectivity index (χ2v) is 4.21. The number of nitrogens with one attached hydrogen (secondary N) is 1. The quantitative estimate of drug-likeness (QED) is 0.774. The molecule has 0 radical (unpaired) electrons. The summed E-state index contributed by atoms with van der Waals surface area (Å²) in [5.74, 6) is 0. The third-order valence-electron chi connectivity index (χ3n) is 2.88. The lowest BCUT2D eigenvalue weighted by molar-refractivity contribution is 0.880. The summed E-state index contributed by atoms with van der Waals surface area (Å²) >= 11 is 0. The number of anilines is 1. The predicted octanol–water partition coefficient (Wildman–Crippen LogP) is 2.88. The first-order chi connectivity index (χ1) is 9.42. The van der Waals surface area contributed by atoms with Gasteiger partial charge in [0.05, 0.1) is 5.69 Å². The van der Waals surface area contributed by atoms with Gasteiger partial charge in [0.1, 0.15) is 0 Å². The van der Waals surface area contributed by atoms with E-state index in [2.05, 4.69) is 27.5 Å². The van der Waals surface area contributed by atoms with Crippen LogP contribution in [0.25, 0.3) is 5.69 Å². The fourth-order valence-electron chi connectivity index (χ4n) is 1.86. The van der Waals surface area contributed by atoms with Crippen LogP contribution in [0.4, 0.5) is 5.69 Å². The SMILES string of the molecule is c1cnn(-c2ccc(NCc3ccncc3)cc2)c1. The highest BCUT2D eigenvalue weighted by atomic mass is 15.3. The lowest BCUT2D eigenvalue weighted by atomic mass is 10.2. The summed E-state index contributed by atoms with van der Waals surface area (Å²) in [7, 11) is 0. The molecule has 0 unspecified atom stereocenters. The highest BCUT2D eigenvalue weighted by Crippen LogP contribution is 2.13. The minimum absolute atomic E-state index is 0.795. The molecule has 4 nitrogen and oxygen atoms in total. The number of nitrogens with zero attached hydrogens (tertiary/aromatic N) is 3. The Kier molecular flexibility index (Phi) is 3.23. The maximum atomic E-state index is 4.20. The predicted molar refractivity (Wildman–Crippen MR) is 75.1 cm³/mol. The van der Waals surface area contributed by atoms with Crippen molar-refractivity contribution < 1.29 is 0 Å². The second kappa shape index (κ2) is 5.35. The molecule has 0 bridgehead atoms. The van der Waals surface area contributed by atoms with E-state index in [0.29, 0.717) is 0 Å².